The molecule has 3 aromatic rings. The topological polar surface area (TPSA) is 107 Å². The largest absolute Gasteiger partial charge is 0.376 e. The lowest BCUT2D eigenvalue weighted by atomic mass is 10.1. The molecule has 0 radical (unpaired) electrons. The highest BCUT2D eigenvalue weighted by atomic mass is 127. The summed E-state index contributed by atoms with van der Waals surface area (Å²) in [6, 6.07) is 17.2. The van der Waals surface area contributed by atoms with Gasteiger partial charge in [-0.05, 0) is 77.0 Å². The minimum atomic E-state index is 0.391. The van der Waals surface area contributed by atoms with E-state index >= 15 is 0 Å². The van der Waals surface area contributed by atoms with Crippen LogP contribution in [-0.4, -0.2) is 16.6 Å². The summed E-state index contributed by atoms with van der Waals surface area (Å²) >= 11 is 2.28. The molecule has 0 amide bonds. The van der Waals surface area contributed by atoms with Gasteiger partial charge in [-0.1, -0.05) is 6.07 Å². The first-order valence-corrected chi connectivity index (χ1v) is 10.3. The predicted octanol–water partition coefficient (Wildman–Crippen LogP) is 5.18. The van der Waals surface area contributed by atoms with E-state index < -0.39 is 0 Å². The summed E-state index contributed by atoms with van der Waals surface area (Å²) in [6.45, 7) is 2.94. The third-order valence-electron chi connectivity index (χ3n) is 4.15. The molecule has 1 aromatic heterocycles. The van der Waals surface area contributed by atoms with Gasteiger partial charge in [-0.25, -0.2) is 4.98 Å². The zero-order chi connectivity index (χ0) is 21.3. The predicted molar refractivity (Wildman–Crippen MR) is 124 cm³/mol. The number of nitrogens with zero attached hydrogens (tertiary/aromatic N) is 4. The fourth-order valence-electron chi connectivity index (χ4n) is 2.74. The maximum atomic E-state index is 8.90. The van der Waals surface area contributed by atoms with Crippen molar-refractivity contribution in [3.63, 3.8) is 0 Å². The fraction of sp³-hybridized carbons (Fsp3) is 0.182. The first-order chi connectivity index (χ1) is 14.6. The Hall–Kier alpha value is -3.21. The second-order valence-electron chi connectivity index (χ2n) is 6.43. The van der Waals surface area contributed by atoms with Gasteiger partial charge in [0.2, 0.25) is 5.95 Å². The van der Waals surface area contributed by atoms with Crippen LogP contribution in [0.2, 0.25) is 0 Å². The maximum Gasteiger partial charge on any atom is 0.229 e. The third kappa shape index (κ3) is 5.89. The lowest BCUT2D eigenvalue weighted by Crippen LogP contribution is -2.03. The molecule has 3 rings (SSSR count). The van der Waals surface area contributed by atoms with Crippen LogP contribution in [-0.2, 0) is 11.3 Å². The Morgan fingerprint density at radius 3 is 2.60 bits per heavy atom. The second-order valence-corrected chi connectivity index (χ2v) is 7.60. The molecular weight excluding hydrogens is 491 g/mol. The Kier molecular flexibility index (Phi) is 7.55. The van der Waals surface area contributed by atoms with E-state index in [1.54, 1.807) is 24.4 Å². The number of aryl methyl sites for hydroxylation is 1. The van der Waals surface area contributed by atoms with Crippen LogP contribution in [0.3, 0.4) is 0 Å². The van der Waals surface area contributed by atoms with Crippen molar-refractivity contribution in [1.29, 1.82) is 10.5 Å². The van der Waals surface area contributed by atoms with E-state index in [-0.39, 0.29) is 0 Å². The van der Waals surface area contributed by atoms with Crippen LogP contribution in [0.25, 0.3) is 0 Å². The number of benzene rings is 2. The highest BCUT2D eigenvalue weighted by Crippen LogP contribution is 2.28. The zero-order valence-electron chi connectivity index (χ0n) is 16.3. The lowest BCUT2D eigenvalue weighted by Gasteiger charge is -2.14. The van der Waals surface area contributed by atoms with Crippen molar-refractivity contribution in [2.45, 2.75) is 20.0 Å². The molecule has 0 unspecified atom stereocenters. The number of hydrogen-bond donors (Lipinski definition) is 2. The molecule has 150 valence electrons. The Morgan fingerprint density at radius 2 is 1.90 bits per heavy atom. The number of halogens is 1. The molecule has 0 saturated carbocycles. The summed E-state index contributed by atoms with van der Waals surface area (Å²) in [5.74, 6) is 1.13. The van der Waals surface area contributed by atoms with Crippen LogP contribution in [0, 0.1) is 33.2 Å². The summed E-state index contributed by atoms with van der Waals surface area (Å²) in [5, 5.41) is 24.0. The maximum absolute atomic E-state index is 8.90. The first-order valence-electron chi connectivity index (χ1n) is 9.20. The van der Waals surface area contributed by atoms with Gasteiger partial charge in [0.05, 0.1) is 43.0 Å². The van der Waals surface area contributed by atoms with Crippen molar-refractivity contribution in [1.82, 2.24) is 9.97 Å². The van der Waals surface area contributed by atoms with Gasteiger partial charge >= 0.3 is 0 Å². The van der Waals surface area contributed by atoms with Gasteiger partial charge in [-0.2, -0.15) is 15.5 Å². The van der Waals surface area contributed by atoms with Gasteiger partial charge in [0.15, 0.2) is 0 Å². The molecule has 0 aliphatic carbocycles. The second kappa shape index (κ2) is 10.5. The standard InChI is InChI=1S/C22H19IN6O/c1-15-11-17(14-30-10-2-8-24)12-19(23)21(15)28-20-7-9-26-22(29-20)27-18-5-3-16(13-25)4-6-18/h3-7,9,11-12H,2,10,14H2,1H3,(H2,26,27,28,29). The fourth-order valence-corrected chi connectivity index (χ4v) is 3.70. The molecule has 0 spiro atoms. The molecule has 0 aliphatic heterocycles. The molecular formula is C22H19IN6O. The van der Waals surface area contributed by atoms with E-state index in [0.717, 1.165) is 26.1 Å². The van der Waals surface area contributed by atoms with Crippen LogP contribution < -0.4 is 10.6 Å². The molecule has 0 fully saturated rings. The van der Waals surface area contributed by atoms with Gasteiger partial charge in [0.1, 0.15) is 5.82 Å². The SMILES string of the molecule is Cc1cc(COCCC#N)cc(I)c1Nc1ccnc(Nc2ccc(C#N)cc2)n1. The molecule has 0 aliphatic rings. The Balaban J connectivity index is 1.70. The number of aromatic nitrogens is 2. The molecule has 2 N–H and O–H groups in total. The number of nitriles is 2. The molecule has 30 heavy (non-hydrogen) atoms. The van der Waals surface area contributed by atoms with Gasteiger partial charge in [0, 0.05) is 15.5 Å². The summed E-state index contributed by atoms with van der Waals surface area (Å²) in [7, 11) is 0. The van der Waals surface area contributed by atoms with Crippen LogP contribution in [0.1, 0.15) is 23.1 Å². The van der Waals surface area contributed by atoms with Gasteiger partial charge in [-0.3, -0.25) is 0 Å². The third-order valence-corrected chi connectivity index (χ3v) is 5.00. The minimum Gasteiger partial charge on any atom is -0.376 e. The van der Waals surface area contributed by atoms with Crippen LogP contribution >= 0.6 is 22.6 Å². The Labute approximate surface area is 188 Å². The van der Waals surface area contributed by atoms with Gasteiger partial charge in [-0.15, -0.1) is 0 Å². The Bertz CT molecular complexity index is 1080. The summed E-state index contributed by atoms with van der Waals surface area (Å²) in [6.07, 6.45) is 2.07. The van der Waals surface area contributed by atoms with E-state index in [1.807, 2.05) is 19.1 Å². The number of ether oxygens (including phenoxy) is 1. The normalized spacial score (nSPS) is 10.1. The van der Waals surface area contributed by atoms with Crippen molar-refractivity contribution < 1.29 is 4.74 Å². The van der Waals surface area contributed by atoms with Gasteiger partial charge in [0.25, 0.3) is 0 Å². The Morgan fingerprint density at radius 1 is 1.10 bits per heavy atom. The highest BCUT2D eigenvalue weighted by molar-refractivity contribution is 14.1. The average molecular weight is 510 g/mol. The number of anilines is 4. The minimum absolute atomic E-state index is 0.391. The molecule has 7 nitrogen and oxygen atoms in total. The average Bonchev–Trinajstić information content (AvgIpc) is 2.75. The molecule has 0 saturated heterocycles. The molecule has 0 atom stereocenters. The van der Waals surface area contributed by atoms with E-state index in [4.69, 9.17) is 15.3 Å². The molecule has 8 heteroatoms. The van der Waals surface area contributed by atoms with Crippen LogP contribution in [0.5, 0.6) is 0 Å². The van der Waals surface area contributed by atoms with E-state index in [2.05, 4.69) is 67.5 Å². The van der Waals surface area contributed by atoms with E-state index in [9.17, 15) is 0 Å². The number of nitrogens with one attached hydrogen (secondary N) is 2. The molecule has 1 heterocycles. The van der Waals surface area contributed by atoms with Crippen LogP contribution in [0.4, 0.5) is 23.1 Å². The van der Waals surface area contributed by atoms with Crippen LogP contribution in [0.15, 0.2) is 48.7 Å². The van der Waals surface area contributed by atoms with E-state index in [1.165, 1.54) is 0 Å². The molecule has 2 aromatic carbocycles. The molecule has 0 bridgehead atoms. The van der Waals surface area contributed by atoms with Crippen molar-refractivity contribution in [3.8, 4) is 12.1 Å². The van der Waals surface area contributed by atoms with Crippen molar-refractivity contribution in [3.05, 3.63) is 68.9 Å². The first kappa shape index (κ1) is 21.5. The van der Waals surface area contributed by atoms with Crippen molar-refractivity contribution in [2.75, 3.05) is 17.2 Å². The monoisotopic (exact) mass is 510 g/mol. The number of hydrogen-bond acceptors (Lipinski definition) is 7. The summed E-state index contributed by atoms with van der Waals surface area (Å²) in [5.41, 5.74) is 4.50. The van der Waals surface area contributed by atoms with Gasteiger partial charge < -0.3 is 15.4 Å². The number of rotatable bonds is 8. The lowest BCUT2D eigenvalue weighted by molar-refractivity contribution is 0.126. The van der Waals surface area contributed by atoms with Crippen molar-refractivity contribution in [2.24, 2.45) is 0 Å². The summed E-state index contributed by atoms with van der Waals surface area (Å²) in [4.78, 5) is 8.78. The van der Waals surface area contributed by atoms with Crippen molar-refractivity contribution >= 4 is 45.7 Å². The summed E-state index contributed by atoms with van der Waals surface area (Å²) < 4.78 is 6.57. The zero-order valence-corrected chi connectivity index (χ0v) is 18.5. The smallest absolute Gasteiger partial charge is 0.229 e. The highest BCUT2D eigenvalue weighted by Gasteiger charge is 2.09. The van der Waals surface area contributed by atoms with E-state index in [0.29, 0.717) is 37.0 Å². The quantitative estimate of drug-likeness (QED) is 0.318.